The van der Waals surface area contributed by atoms with Crippen molar-refractivity contribution in [2.45, 2.75) is 31.8 Å². The van der Waals surface area contributed by atoms with Gasteiger partial charge in [-0.1, -0.05) is 30.3 Å². The fraction of sp³-hybridized carbons (Fsp3) is 0.462. The molecule has 0 aromatic heterocycles. The molecule has 1 aromatic rings. The second-order valence-electron chi connectivity index (χ2n) is 4.05. The van der Waals surface area contributed by atoms with E-state index in [0.29, 0.717) is 6.42 Å². The third-order valence-electron chi connectivity index (χ3n) is 2.51. The van der Waals surface area contributed by atoms with Crippen LogP contribution in [0.25, 0.3) is 0 Å². The predicted octanol–water partition coefficient (Wildman–Crippen LogP) is 1.75. The van der Waals surface area contributed by atoms with Crippen molar-refractivity contribution < 1.29 is 18.7 Å². The molecule has 0 aliphatic carbocycles. The summed E-state index contributed by atoms with van der Waals surface area (Å²) in [6.45, 7) is -0.401. The number of alkyl halides is 2. The van der Waals surface area contributed by atoms with Crippen LogP contribution in [0.5, 0.6) is 0 Å². The largest absolute Gasteiger partial charge is 0.385 e. The van der Waals surface area contributed by atoms with Gasteiger partial charge in [0.05, 0.1) is 0 Å². The fourth-order valence-electron chi connectivity index (χ4n) is 1.49. The number of amides is 1. The van der Waals surface area contributed by atoms with Gasteiger partial charge in [0.15, 0.2) is 0 Å². The van der Waals surface area contributed by atoms with Gasteiger partial charge in [0.2, 0.25) is 5.91 Å². The summed E-state index contributed by atoms with van der Waals surface area (Å²) in [7, 11) is 0. The van der Waals surface area contributed by atoms with E-state index < -0.39 is 19.1 Å². The van der Waals surface area contributed by atoms with E-state index >= 15 is 0 Å². The molecule has 0 aliphatic rings. The zero-order valence-electron chi connectivity index (χ0n) is 9.98. The topological polar surface area (TPSA) is 49.3 Å². The molecule has 5 heteroatoms. The first-order valence-corrected chi connectivity index (χ1v) is 5.86. The molecule has 0 fully saturated rings. The lowest BCUT2D eigenvalue weighted by Crippen LogP contribution is -2.35. The Kier molecular flexibility index (Phi) is 6.28. The molecule has 0 radical (unpaired) electrons. The second-order valence-corrected chi connectivity index (χ2v) is 4.05. The highest BCUT2D eigenvalue weighted by Crippen LogP contribution is 2.04. The molecule has 1 aromatic carbocycles. The van der Waals surface area contributed by atoms with Crippen LogP contribution in [-0.2, 0) is 11.2 Å². The summed E-state index contributed by atoms with van der Waals surface area (Å²) in [6, 6.07) is 9.71. The minimum atomic E-state index is -2.82. The number of rotatable bonds is 7. The molecular formula is C13H17F2NO2. The average Bonchev–Trinajstić information content (AvgIpc) is 2.37. The number of nitrogens with one attached hydrogen (secondary N) is 1. The summed E-state index contributed by atoms with van der Waals surface area (Å²) >= 11 is 0. The molecule has 1 rings (SSSR count). The number of aliphatic hydroxyl groups is 1. The Morgan fingerprint density at radius 2 is 1.94 bits per heavy atom. The van der Waals surface area contributed by atoms with Gasteiger partial charge in [-0.3, -0.25) is 4.79 Å². The molecular weight excluding hydrogens is 240 g/mol. The molecule has 1 unspecified atom stereocenters. The molecule has 0 heterocycles. The summed E-state index contributed by atoms with van der Waals surface area (Å²) in [4.78, 5) is 11.3. The first kappa shape index (κ1) is 14.6. The van der Waals surface area contributed by atoms with Gasteiger partial charge in [-0.25, -0.2) is 8.78 Å². The van der Waals surface area contributed by atoms with Crippen molar-refractivity contribution in [2.75, 3.05) is 6.54 Å². The predicted molar refractivity (Wildman–Crippen MR) is 64.4 cm³/mol. The van der Waals surface area contributed by atoms with Crippen LogP contribution in [-0.4, -0.2) is 30.1 Å². The third kappa shape index (κ3) is 5.72. The molecule has 0 bridgehead atoms. The number of carbonyl (C=O) groups excluding carboxylic acids is 1. The third-order valence-corrected chi connectivity index (χ3v) is 2.51. The van der Waals surface area contributed by atoms with E-state index in [0.717, 1.165) is 12.0 Å². The van der Waals surface area contributed by atoms with E-state index in [-0.39, 0.29) is 12.3 Å². The lowest BCUT2D eigenvalue weighted by molar-refractivity contribution is -0.122. The van der Waals surface area contributed by atoms with Gasteiger partial charge >= 0.3 is 0 Å². The summed E-state index contributed by atoms with van der Waals surface area (Å²) in [5.41, 5.74) is 1.14. The van der Waals surface area contributed by atoms with Gasteiger partial charge in [-0.15, -0.1) is 0 Å². The Balaban J connectivity index is 2.14. The number of carbonyl (C=O) groups is 1. The number of aliphatic hydroxyl groups excluding tert-OH is 1. The monoisotopic (exact) mass is 257 g/mol. The lowest BCUT2D eigenvalue weighted by atomic mass is 10.1. The zero-order valence-corrected chi connectivity index (χ0v) is 9.98. The Morgan fingerprint density at radius 1 is 1.28 bits per heavy atom. The molecule has 100 valence electrons. The number of benzene rings is 1. The lowest BCUT2D eigenvalue weighted by Gasteiger charge is -2.10. The van der Waals surface area contributed by atoms with E-state index in [2.05, 4.69) is 5.32 Å². The Bertz CT molecular complexity index is 357. The molecule has 0 spiro atoms. The Morgan fingerprint density at radius 3 is 2.56 bits per heavy atom. The van der Waals surface area contributed by atoms with Gasteiger partial charge in [0.25, 0.3) is 6.43 Å². The summed E-state index contributed by atoms with van der Waals surface area (Å²) < 4.78 is 23.9. The van der Waals surface area contributed by atoms with Crippen molar-refractivity contribution in [1.82, 2.24) is 5.32 Å². The van der Waals surface area contributed by atoms with Gasteiger partial charge in [-0.05, 0) is 18.4 Å². The Hall–Kier alpha value is -1.49. The van der Waals surface area contributed by atoms with E-state index in [1.165, 1.54) is 0 Å². The Labute approximate surface area is 105 Å². The van der Waals surface area contributed by atoms with E-state index in [1.807, 2.05) is 30.3 Å². The molecule has 0 saturated heterocycles. The van der Waals surface area contributed by atoms with Crippen molar-refractivity contribution in [3.8, 4) is 0 Å². The minimum Gasteiger partial charge on any atom is -0.385 e. The van der Waals surface area contributed by atoms with Crippen LogP contribution in [0.3, 0.4) is 0 Å². The van der Waals surface area contributed by atoms with Gasteiger partial charge < -0.3 is 10.4 Å². The van der Waals surface area contributed by atoms with Crippen molar-refractivity contribution >= 4 is 5.91 Å². The fourth-order valence-corrected chi connectivity index (χ4v) is 1.49. The maximum Gasteiger partial charge on any atom is 0.265 e. The van der Waals surface area contributed by atoms with Crippen LogP contribution in [0.2, 0.25) is 0 Å². The van der Waals surface area contributed by atoms with Gasteiger partial charge in [0, 0.05) is 13.0 Å². The quantitative estimate of drug-likeness (QED) is 0.782. The number of aryl methyl sites for hydroxylation is 1. The highest BCUT2D eigenvalue weighted by molar-refractivity contribution is 5.75. The van der Waals surface area contributed by atoms with Crippen LogP contribution in [0.15, 0.2) is 30.3 Å². The first-order valence-electron chi connectivity index (χ1n) is 5.86. The average molecular weight is 257 g/mol. The molecule has 0 aliphatic heterocycles. The zero-order chi connectivity index (χ0) is 13.4. The molecule has 2 N–H and O–H groups in total. The van der Waals surface area contributed by atoms with Gasteiger partial charge in [-0.2, -0.15) is 0 Å². The summed E-state index contributed by atoms with van der Waals surface area (Å²) in [5, 5.41) is 11.1. The second kappa shape index (κ2) is 7.76. The maximum atomic E-state index is 12.0. The SMILES string of the molecule is O=C(CCCc1ccccc1)NCC(O)C(F)F. The van der Waals surface area contributed by atoms with Crippen LogP contribution in [0.4, 0.5) is 8.78 Å². The molecule has 1 amide bonds. The smallest absolute Gasteiger partial charge is 0.265 e. The van der Waals surface area contributed by atoms with Crippen LogP contribution < -0.4 is 5.32 Å². The first-order chi connectivity index (χ1) is 8.59. The summed E-state index contributed by atoms with van der Waals surface area (Å²) in [6.07, 6.45) is -2.92. The number of hydrogen-bond donors (Lipinski definition) is 2. The number of halogens is 2. The van der Waals surface area contributed by atoms with Crippen LogP contribution in [0.1, 0.15) is 18.4 Å². The maximum absolute atomic E-state index is 12.0. The minimum absolute atomic E-state index is 0.269. The van der Waals surface area contributed by atoms with Crippen molar-refractivity contribution in [3.63, 3.8) is 0 Å². The molecule has 18 heavy (non-hydrogen) atoms. The van der Waals surface area contributed by atoms with Crippen molar-refractivity contribution in [1.29, 1.82) is 0 Å². The van der Waals surface area contributed by atoms with Crippen LogP contribution >= 0.6 is 0 Å². The van der Waals surface area contributed by atoms with Crippen LogP contribution in [0, 0.1) is 0 Å². The highest BCUT2D eigenvalue weighted by atomic mass is 19.3. The van der Waals surface area contributed by atoms with E-state index in [9.17, 15) is 13.6 Å². The van der Waals surface area contributed by atoms with Gasteiger partial charge in [0.1, 0.15) is 6.10 Å². The normalized spacial score (nSPS) is 12.4. The van der Waals surface area contributed by atoms with Crippen molar-refractivity contribution in [2.24, 2.45) is 0 Å². The molecule has 3 nitrogen and oxygen atoms in total. The molecule has 0 saturated carbocycles. The van der Waals surface area contributed by atoms with E-state index in [4.69, 9.17) is 5.11 Å². The van der Waals surface area contributed by atoms with E-state index in [1.54, 1.807) is 0 Å². The summed E-state index contributed by atoms with van der Waals surface area (Å²) in [5.74, 6) is -0.314. The standard InChI is InChI=1S/C13H17F2NO2/c14-13(15)11(17)9-16-12(18)8-4-7-10-5-2-1-3-6-10/h1-3,5-6,11,13,17H,4,7-9H2,(H,16,18). The number of hydrogen-bond acceptors (Lipinski definition) is 2. The molecule has 1 atom stereocenters. The van der Waals surface area contributed by atoms with Crippen molar-refractivity contribution in [3.05, 3.63) is 35.9 Å². The highest BCUT2D eigenvalue weighted by Gasteiger charge is 2.17.